The summed E-state index contributed by atoms with van der Waals surface area (Å²) < 4.78 is 0. The van der Waals surface area contributed by atoms with Crippen molar-refractivity contribution in [2.75, 3.05) is 12.8 Å². The van der Waals surface area contributed by atoms with E-state index in [0.29, 0.717) is 0 Å². The van der Waals surface area contributed by atoms with Gasteiger partial charge in [0.1, 0.15) is 0 Å². The van der Waals surface area contributed by atoms with Crippen LogP contribution in [0.3, 0.4) is 0 Å². The Morgan fingerprint density at radius 1 is 1.06 bits per heavy atom. The molecular weight excluding hydrogens is 235 g/mol. The molecule has 0 nitrogen and oxygen atoms in total. The van der Waals surface area contributed by atoms with Crippen molar-refractivity contribution < 1.29 is 0 Å². The van der Waals surface area contributed by atoms with Gasteiger partial charge < -0.3 is 0 Å². The molecule has 1 rings (SSSR count). The van der Waals surface area contributed by atoms with Crippen molar-refractivity contribution >= 4 is 13.2 Å². The van der Waals surface area contributed by atoms with Gasteiger partial charge in [-0.15, -0.1) is 0 Å². The van der Waals surface area contributed by atoms with E-state index in [2.05, 4.69) is 51.7 Å². The van der Waals surface area contributed by atoms with Gasteiger partial charge in [0.25, 0.3) is 0 Å². The number of rotatable bonds is 8. The number of hydrogen-bond donors (Lipinski definition) is 0. The minimum Gasteiger partial charge on any atom is -0.0788 e. The van der Waals surface area contributed by atoms with Crippen molar-refractivity contribution in [3.8, 4) is 0 Å². The molecule has 1 aromatic carbocycles. The van der Waals surface area contributed by atoms with E-state index in [1.165, 1.54) is 43.8 Å². The first-order valence-electron chi connectivity index (χ1n) is 7.51. The van der Waals surface area contributed by atoms with Crippen LogP contribution < -0.4 is 5.30 Å². The molecule has 2 unspecified atom stereocenters. The zero-order valence-electron chi connectivity index (χ0n) is 12.6. The molecule has 0 aliphatic carbocycles. The van der Waals surface area contributed by atoms with Gasteiger partial charge in [-0.1, -0.05) is 78.6 Å². The monoisotopic (exact) mass is 264 g/mol. The van der Waals surface area contributed by atoms with Crippen LogP contribution in [0.25, 0.3) is 0 Å². The van der Waals surface area contributed by atoms with E-state index in [1.807, 2.05) is 0 Å². The van der Waals surface area contributed by atoms with E-state index in [9.17, 15) is 0 Å². The summed E-state index contributed by atoms with van der Waals surface area (Å²) in [5, 5.41) is 1.55. The minimum atomic E-state index is 0.0808. The Kier molecular flexibility index (Phi) is 7.59. The lowest BCUT2D eigenvalue weighted by Crippen LogP contribution is -2.06. The van der Waals surface area contributed by atoms with Crippen LogP contribution in [0, 0.1) is 5.92 Å². The van der Waals surface area contributed by atoms with Gasteiger partial charge >= 0.3 is 0 Å². The second-order valence-corrected chi connectivity index (χ2v) is 7.85. The van der Waals surface area contributed by atoms with Crippen LogP contribution in [0.15, 0.2) is 24.3 Å². The lowest BCUT2D eigenvalue weighted by molar-refractivity contribution is 0.449. The summed E-state index contributed by atoms with van der Waals surface area (Å²) >= 11 is 0. The smallest absolute Gasteiger partial charge is 0.0243 e. The number of unbranched alkanes of at least 4 members (excludes halogenated alkanes) is 1. The van der Waals surface area contributed by atoms with Gasteiger partial charge in [-0.2, -0.15) is 0 Å². The van der Waals surface area contributed by atoms with Gasteiger partial charge in [0.2, 0.25) is 0 Å². The maximum absolute atomic E-state index is 2.38. The first-order valence-corrected chi connectivity index (χ1v) is 9.48. The summed E-state index contributed by atoms with van der Waals surface area (Å²) in [6.45, 7) is 9.28. The van der Waals surface area contributed by atoms with Gasteiger partial charge in [-0.3, -0.25) is 0 Å². The van der Waals surface area contributed by atoms with Gasteiger partial charge in [-0.25, -0.2) is 0 Å². The Labute approximate surface area is 115 Å². The molecule has 0 amide bonds. The predicted molar refractivity (Wildman–Crippen MR) is 86.5 cm³/mol. The minimum absolute atomic E-state index is 0.0808. The molecule has 0 aliphatic rings. The Bertz CT molecular complexity index is 315. The van der Waals surface area contributed by atoms with Crippen LogP contribution in [0.5, 0.6) is 0 Å². The zero-order valence-corrected chi connectivity index (χ0v) is 13.5. The molecule has 2 atom stereocenters. The van der Waals surface area contributed by atoms with Crippen molar-refractivity contribution in [1.29, 1.82) is 0 Å². The SMILES string of the molecule is CCCCC(CC)Cc1ccc(P(C)CC)cc1. The summed E-state index contributed by atoms with van der Waals surface area (Å²) in [6, 6.07) is 9.44. The van der Waals surface area contributed by atoms with Crippen LogP contribution >= 0.6 is 7.92 Å². The molecule has 0 aromatic heterocycles. The zero-order chi connectivity index (χ0) is 13.4. The molecule has 18 heavy (non-hydrogen) atoms. The largest absolute Gasteiger partial charge is 0.0788 e. The van der Waals surface area contributed by atoms with Crippen molar-refractivity contribution in [3.05, 3.63) is 29.8 Å². The highest BCUT2D eigenvalue weighted by molar-refractivity contribution is 7.64. The predicted octanol–water partition coefficient (Wildman–Crippen LogP) is 5.20. The fourth-order valence-corrected chi connectivity index (χ4v) is 3.37. The van der Waals surface area contributed by atoms with E-state index in [0.717, 1.165) is 5.92 Å². The maximum Gasteiger partial charge on any atom is -0.0243 e. The molecular formula is C17H29P. The fourth-order valence-electron chi connectivity index (χ4n) is 2.35. The highest BCUT2D eigenvalue weighted by Crippen LogP contribution is 2.28. The van der Waals surface area contributed by atoms with Crippen LogP contribution in [0.1, 0.15) is 52.0 Å². The molecule has 102 valence electrons. The summed E-state index contributed by atoms with van der Waals surface area (Å²) in [7, 11) is 0.0808. The average Bonchev–Trinajstić information content (AvgIpc) is 2.43. The normalized spacial score (nSPS) is 14.4. The highest BCUT2D eigenvalue weighted by Gasteiger charge is 2.08. The third-order valence-electron chi connectivity index (χ3n) is 3.92. The van der Waals surface area contributed by atoms with Crippen molar-refractivity contribution in [1.82, 2.24) is 0 Å². The molecule has 0 spiro atoms. The van der Waals surface area contributed by atoms with Gasteiger partial charge in [0.15, 0.2) is 0 Å². The molecule has 1 aromatic rings. The lowest BCUT2D eigenvalue weighted by Gasteiger charge is -2.15. The van der Waals surface area contributed by atoms with Crippen LogP contribution in [-0.4, -0.2) is 12.8 Å². The summed E-state index contributed by atoms with van der Waals surface area (Å²) in [6.07, 6.45) is 7.98. The molecule has 0 bridgehead atoms. The molecule has 0 saturated carbocycles. The molecule has 0 heterocycles. The average molecular weight is 264 g/mol. The van der Waals surface area contributed by atoms with E-state index in [-0.39, 0.29) is 7.92 Å². The fraction of sp³-hybridized carbons (Fsp3) is 0.647. The molecule has 0 N–H and O–H groups in total. The molecule has 1 heteroatoms. The van der Waals surface area contributed by atoms with Gasteiger partial charge in [-0.05, 0) is 36.0 Å². The van der Waals surface area contributed by atoms with E-state index >= 15 is 0 Å². The van der Waals surface area contributed by atoms with Crippen LogP contribution in [-0.2, 0) is 6.42 Å². The second-order valence-electron chi connectivity index (χ2n) is 5.30. The standard InChI is InChI=1S/C17H29P/c1-5-8-9-15(6-2)14-16-10-12-17(13-11-16)18(4)7-3/h10-13,15H,5-9,14H2,1-4H3. The van der Waals surface area contributed by atoms with Crippen LogP contribution in [0.2, 0.25) is 0 Å². The Hall–Kier alpha value is -0.350. The van der Waals surface area contributed by atoms with Crippen molar-refractivity contribution in [2.45, 2.75) is 52.9 Å². The van der Waals surface area contributed by atoms with E-state index < -0.39 is 0 Å². The highest BCUT2D eigenvalue weighted by atomic mass is 31.1. The molecule has 0 radical (unpaired) electrons. The Morgan fingerprint density at radius 2 is 1.72 bits per heavy atom. The maximum atomic E-state index is 2.38. The van der Waals surface area contributed by atoms with Crippen LogP contribution in [0.4, 0.5) is 0 Å². The lowest BCUT2D eigenvalue weighted by atomic mass is 9.92. The third-order valence-corrected chi connectivity index (χ3v) is 6.05. The first-order chi connectivity index (χ1) is 8.71. The second kappa shape index (κ2) is 8.70. The summed E-state index contributed by atoms with van der Waals surface area (Å²) in [4.78, 5) is 0. The van der Waals surface area contributed by atoms with E-state index in [1.54, 1.807) is 5.30 Å². The van der Waals surface area contributed by atoms with Crippen molar-refractivity contribution in [2.24, 2.45) is 5.92 Å². The molecule has 0 aliphatic heterocycles. The Morgan fingerprint density at radius 3 is 2.22 bits per heavy atom. The number of hydrogen-bond acceptors (Lipinski definition) is 0. The number of benzene rings is 1. The van der Waals surface area contributed by atoms with Crippen molar-refractivity contribution in [3.63, 3.8) is 0 Å². The van der Waals surface area contributed by atoms with Gasteiger partial charge in [0.05, 0.1) is 0 Å². The first kappa shape index (κ1) is 15.7. The third kappa shape index (κ3) is 5.11. The van der Waals surface area contributed by atoms with E-state index in [4.69, 9.17) is 0 Å². The quantitative estimate of drug-likeness (QED) is 0.566. The summed E-state index contributed by atoms with van der Waals surface area (Å²) in [5.41, 5.74) is 1.53. The summed E-state index contributed by atoms with van der Waals surface area (Å²) in [5.74, 6) is 0.880. The molecule has 0 saturated heterocycles. The topological polar surface area (TPSA) is 0 Å². The van der Waals surface area contributed by atoms with Gasteiger partial charge in [0, 0.05) is 0 Å². The molecule has 0 fully saturated rings. The Balaban J connectivity index is 2.56.